The molecule has 42 heavy (non-hydrogen) atoms. The van der Waals surface area contributed by atoms with Crippen LogP contribution in [0.4, 0.5) is 0 Å². The quantitative estimate of drug-likeness (QED) is 0.0739. The number of carbonyl (C=O) groups is 1. The second-order valence-corrected chi connectivity index (χ2v) is 10.0. The van der Waals surface area contributed by atoms with Crippen molar-refractivity contribution in [1.29, 1.82) is 0 Å². The van der Waals surface area contributed by atoms with Crippen LogP contribution in [0.1, 0.15) is 76.7 Å². The molecule has 0 aliphatic heterocycles. The van der Waals surface area contributed by atoms with Crippen LogP contribution in [-0.4, -0.2) is 98.5 Å². The topological polar surface area (TPSA) is 90.9 Å². The lowest BCUT2D eigenvalue weighted by Crippen LogP contribution is -2.15. The van der Waals surface area contributed by atoms with Gasteiger partial charge in [0.2, 0.25) is 0 Å². The van der Waals surface area contributed by atoms with E-state index in [0.29, 0.717) is 106 Å². The molecular formula is C33H58O9. The smallest absolute Gasteiger partial charge is 0.305 e. The number of unbranched alkanes of at least 4 members (excludes halogenated alkanes) is 8. The van der Waals surface area contributed by atoms with Gasteiger partial charge in [-0.25, -0.2) is 0 Å². The monoisotopic (exact) mass is 598 g/mol. The Morgan fingerprint density at radius 2 is 0.857 bits per heavy atom. The summed E-state index contributed by atoms with van der Waals surface area (Å²) in [7, 11) is 0. The van der Waals surface area contributed by atoms with Gasteiger partial charge in [0.25, 0.3) is 0 Å². The van der Waals surface area contributed by atoms with Gasteiger partial charge in [0.15, 0.2) is 0 Å². The summed E-state index contributed by atoms with van der Waals surface area (Å²) in [5, 5.41) is 0. The van der Waals surface area contributed by atoms with Crippen molar-refractivity contribution < 1.29 is 42.7 Å². The lowest BCUT2D eigenvalue weighted by molar-refractivity contribution is -0.145. The highest BCUT2D eigenvalue weighted by Crippen LogP contribution is 2.10. The number of hydrogen-bond acceptors (Lipinski definition) is 9. The minimum Gasteiger partial charge on any atom is -0.463 e. The number of hydrogen-bond donors (Lipinski definition) is 0. The molecule has 0 N–H and O–H groups in total. The molecule has 1 aromatic rings. The van der Waals surface area contributed by atoms with Crippen molar-refractivity contribution in [3.8, 4) is 0 Å². The van der Waals surface area contributed by atoms with E-state index in [4.69, 9.17) is 37.9 Å². The molecule has 0 aliphatic carbocycles. The average molecular weight is 599 g/mol. The van der Waals surface area contributed by atoms with Gasteiger partial charge in [0.05, 0.1) is 92.5 Å². The second kappa shape index (κ2) is 32.3. The van der Waals surface area contributed by atoms with Crippen LogP contribution in [0.2, 0.25) is 0 Å². The van der Waals surface area contributed by atoms with E-state index in [1.807, 2.05) is 30.3 Å². The molecular weight excluding hydrogens is 540 g/mol. The van der Waals surface area contributed by atoms with Crippen LogP contribution < -0.4 is 0 Å². The first-order chi connectivity index (χ1) is 20.8. The van der Waals surface area contributed by atoms with Gasteiger partial charge >= 0.3 is 5.97 Å². The third kappa shape index (κ3) is 28.5. The van der Waals surface area contributed by atoms with Crippen molar-refractivity contribution in [3.63, 3.8) is 0 Å². The maximum atomic E-state index is 11.8. The van der Waals surface area contributed by atoms with Crippen molar-refractivity contribution in [1.82, 2.24) is 0 Å². The number of ether oxygens (including phenoxy) is 8. The number of rotatable bonds is 33. The van der Waals surface area contributed by atoms with E-state index in [1.165, 1.54) is 44.9 Å². The minimum atomic E-state index is -0.131. The molecule has 0 aromatic heterocycles. The standard InChI is InChI=1S/C33H58O9/c1-2-3-4-5-6-7-8-9-13-16-33(34)42-30-29-40-26-25-38-22-21-36-18-17-35-19-20-37-23-24-39-27-28-41-31-32-14-11-10-12-15-32/h10-12,14-15H,2-9,13,16-31H2,1H3. The third-order valence-electron chi connectivity index (χ3n) is 6.32. The normalized spacial score (nSPS) is 11.3. The minimum absolute atomic E-state index is 0.131. The largest absolute Gasteiger partial charge is 0.463 e. The predicted octanol–water partition coefficient (Wildman–Crippen LogP) is 5.77. The molecule has 0 amide bonds. The van der Waals surface area contributed by atoms with Crippen LogP contribution in [0, 0.1) is 0 Å². The molecule has 0 unspecified atom stereocenters. The summed E-state index contributed by atoms with van der Waals surface area (Å²) in [5.74, 6) is -0.131. The van der Waals surface area contributed by atoms with Crippen molar-refractivity contribution in [3.05, 3.63) is 35.9 Å². The average Bonchev–Trinajstić information content (AvgIpc) is 3.01. The third-order valence-corrected chi connectivity index (χ3v) is 6.32. The number of esters is 1. The molecule has 0 aliphatic rings. The Bertz CT molecular complexity index is 675. The lowest BCUT2D eigenvalue weighted by atomic mass is 10.1. The van der Waals surface area contributed by atoms with Crippen LogP contribution in [0.25, 0.3) is 0 Å². The second-order valence-electron chi connectivity index (χ2n) is 10.0. The zero-order chi connectivity index (χ0) is 30.0. The molecule has 244 valence electrons. The lowest BCUT2D eigenvalue weighted by Gasteiger charge is -2.09. The Morgan fingerprint density at radius 3 is 1.31 bits per heavy atom. The molecule has 0 radical (unpaired) electrons. The maximum absolute atomic E-state index is 11.8. The van der Waals surface area contributed by atoms with E-state index >= 15 is 0 Å². The summed E-state index contributed by atoms with van der Waals surface area (Å²) in [5.41, 5.74) is 1.16. The fourth-order valence-electron chi connectivity index (χ4n) is 3.95. The molecule has 0 heterocycles. The first-order valence-electron chi connectivity index (χ1n) is 16.1. The van der Waals surface area contributed by atoms with E-state index in [-0.39, 0.29) is 5.97 Å². The van der Waals surface area contributed by atoms with Gasteiger partial charge in [-0.15, -0.1) is 0 Å². The molecule has 0 atom stereocenters. The summed E-state index contributed by atoms with van der Waals surface area (Å²) < 4.78 is 43.6. The summed E-state index contributed by atoms with van der Waals surface area (Å²) in [4.78, 5) is 11.8. The molecule has 0 bridgehead atoms. The van der Waals surface area contributed by atoms with E-state index in [9.17, 15) is 4.79 Å². The van der Waals surface area contributed by atoms with Crippen LogP contribution in [0.5, 0.6) is 0 Å². The summed E-state index contributed by atoms with van der Waals surface area (Å²) in [6, 6.07) is 10.1. The SMILES string of the molecule is CCCCCCCCCCCC(=O)OCCOCCOCCOCCOCCOCCOCCOCc1ccccc1. The van der Waals surface area contributed by atoms with E-state index < -0.39 is 0 Å². The van der Waals surface area contributed by atoms with Gasteiger partial charge in [-0.05, 0) is 12.0 Å². The Morgan fingerprint density at radius 1 is 0.476 bits per heavy atom. The first kappa shape index (κ1) is 38.4. The number of carbonyl (C=O) groups excluding carboxylic acids is 1. The molecule has 9 heteroatoms. The molecule has 0 saturated heterocycles. The van der Waals surface area contributed by atoms with Crippen molar-refractivity contribution >= 4 is 5.97 Å². The summed E-state index contributed by atoms with van der Waals surface area (Å²) >= 11 is 0. The fraction of sp³-hybridized carbons (Fsp3) is 0.788. The van der Waals surface area contributed by atoms with E-state index in [0.717, 1.165) is 18.4 Å². The zero-order valence-corrected chi connectivity index (χ0v) is 26.2. The zero-order valence-electron chi connectivity index (χ0n) is 26.2. The van der Waals surface area contributed by atoms with Crippen molar-refractivity contribution in [2.45, 2.75) is 77.7 Å². The maximum Gasteiger partial charge on any atom is 0.305 e. The molecule has 0 spiro atoms. The fourth-order valence-corrected chi connectivity index (χ4v) is 3.95. The molecule has 0 saturated carbocycles. The van der Waals surface area contributed by atoms with E-state index in [1.54, 1.807) is 0 Å². The molecule has 9 nitrogen and oxygen atoms in total. The van der Waals surface area contributed by atoms with Crippen LogP contribution in [0.3, 0.4) is 0 Å². The highest BCUT2D eigenvalue weighted by Gasteiger charge is 2.03. The van der Waals surface area contributed by atoms with Crippen LogP contribution in [0.15, 0.2) is 30.3 Å². The summed E-state index contributed by atoms with van der Waals surface area (Å²) in [6.07, 6.45) is 11.6. The van der Waals surface area contributed by atoms with Crippen LogP contribution in [-0.2, 0) is 49.3 Å². The van der Waals surface area contributed by atoms with E-state index in [2.05, 4.69) is 6.92 Å². The van der Waals surface area contributed by atoms with Gasteiger partial charge in [0.1, 0.15) is 6.61 Å². The van der Waals surface area contributed by atoms with Crippen molar-refractivity contribution in [2.24, 2.45) is 0 Å². The Kier molecular flexibility index (Phi) is 29.6. The summed E-state index contributed by atoms with van der Waals surface area (Å²) in [6.45, 7) is 9.72. The first-order valence-corrected chi connectivity index (χ1v) is 16.1. The molecule has 1 aromatic carbocycles. The van der Waals surface area contributed by atoms with Crippen molar-refractivity contribution in [2.75, 3.05) is 92.5 Å². The van der Waals surface area contributed by atoms with Gasteiger partial charge in [-0.3, -0.25) is 4.79 Å². The van der Waals surface area contributed by atoms with Gasteiger partial charge < -0.3 is 37.9 Å². The van der Waals surface area contributed by atoms with Crippen LogP contribution >= 0.6 is 0 Å². The Labute approximate surface area is 254 Å². The Hall–Kier alpha value is -1.59. The Balaban J connectivity index is 1.66. The van der Waals surface area contributed by atoms with Gasteiger partial charge in [-0.1, -0.05) is 88.6 Å². The number of benzene rings is 1. The highest BCUT2D eigenvalue weighted by molar-refractivity contribution is 5.69. The molecule has 1 rings (SSSR count). The van der Waals surface area contributed by atoms with Gasteiger partial charge in [-0.2, -0.15) is 0 Å². The predicted molar refractivity (Wildman–Crippen MR) is 164 cm³/mol. The van der Waals surface area contributed by atoms with Gasteiger partial charge in [0, 0.05) is 6.42 Å². The highest BCUT2D eigenvalue weighted by atomic mass is 16.6. The molecule has 0 fully saturated rings.